The second kappa shape index (κ2) is 4.05. The topological polar surface area (TPSA) is 66.5 Å². The number of anilines is 1. The Hall–Kier alpha value is -0.930. The summed E-state index contributed by atoms with van der Waals surface area (Å²) in [5.74, 6) is 0.0871. The number of nitrogen functional groups attached to an aromatic ring is 1. The molecule has 4 N–H and O–H groups in total. The molecule has 0 atom stereocenters. The van der Waals surface area contributed by atoms with Gasteiger partial charge in [-0.3, -0.25) is 0 Å². The third-order valence-corrected chi connectivity index (χ3v) is 1.18. The van der Waals surface area contributed by atoms with Crippen molar-refractivity contribution in [2.75, 3.05) is 5.73 Å². The molecule has 0 aliphatic rings. The summed E-state index contributed by atoms with van der Waals surface area (Å²) in [6.45, 7) is -0.0986. The number of hydrogen-bond donors (Lipinski definition) is 3. The van der Waals surface area contributed by atoms with Crippen molar-refractivity contribution in [1.29, 1.82) is 0 Å². The van der Waals surface area contributed by atoms with Gasteiger partial charge >= 0.3 is 0 Å². The molecule has 0 radical (unpaired) electrons. The standard InChI is InChI=1S/C7H9NO2.ClH/c8-6-1-5(4-9)2-7(10)3-6;/h1-3,9-10H,4,8H2;1H. The highest BCUT2D eigenvalue weighted by atomic mass is 35.5. The Labute approximate surface area is 70.9 Å². The number of phenolic OH excluding ortho intramolecular Hbond substituents is 1. The first-order chi connectivity index (χ1) is 4.72. The van der Waals surface area contributed by atoms with Gasteiger partial charge in [0.15, 0.2) is 0 Å². The van der Waals surface area contributed by atoms with Gasteiger partial charge in [-0.1, -0.05) is 0 Å². The Kier molecular flexibility index (Phi) is 3.71. The van der Waals surface area contributed by atoms with Crippen molar-refractivity contribution in [2.45, 2.75) is 6.61 Å². The van der Waals surface area contributed by atoms with E-state index in [2.05, 4.69) is 0 Å². The van der Waals surface area contributed by atoms with Crippen LogP contribution in [0.2, 0.25) is 0 Å². The summed E-state index contributed by atoms with van der Waals surface area (Å²) in [5, 5.41) is 17.6. The molecule has 0 amide bonds. The van der Waals surface area contributed by atoms with Crippen LogP contribution in [0, 0.1) is 0 Å². The zero-order valence-corrected chi connectivity index (χ0v) is 6.64. The lowest BCUT2D eigenvalue weighted by atomic mass is 10.2. The highest BCUT2D eigenvalue weighted by Crippen LogP contribution is 2.16. The van der Waals surface area contributed by atoms with E-state index >= 15 is 0 Å². The van der Waals surface area contributed by atoms with Crippen LogP contribution in [0.4, 0.5) is 5.69 Å². The Morgan fingerprint density at radius 3 is 2.36 bits per heavy atom. The fourth-order valence-electron chi connectivity index (χ4n) is 0.791. The molecule has 0 saturated heterocycles. The molecule has 0 unspecified atom stereocenters. The average molecular weight is 176 g/mol. The maximum absolute atomic E-state index is 8.93. The number of hydrogen-bond acceptors (Lipinski definition) is 3. The van der Waals surface area contributed by atoms with E-state index < -0.39 is 0 Å². The predicted octanol–water partition coefficient (Wildman–Crippen LogP) is 0.889. The monoisotopic (exact) mass is 175 g/mol. The Bertz CT molecular complexity index is 220. The lowest BCUT2D eigenvalue weighted by molar-refractivity contribution is 0.281. The van der Waals surface area contributed by atoms with Crippen molar-refractivity contribution in [1.82, 2.24) is 0 Å². The summed E-state index contributed by atoms with van der Waals surface area (Å²) in [4.78, 5) is 0. The van der Waals surface area contributed by atoms with Gasteiger partial charge < -0.3 is 15.9 Å². The molecule has 3 nitrogen and oxygen atoms in total. The molecule has 62 valence electrons. The van der Waals surface area contributed by atoms with E-state index in [-0.39, 0.29) is 24.8 Å². The van der Waals surface area contributed by atoms with Crippen LogP contribution >= 0.6 is 12.4 Å². The first kappa shape index (κ1) is 10.1. The quantitative estimate of drug-likeness (QED) is 0.556. The molecule has 4 heteroatoms. The third kappa shape index (κ3) is 2.65. The fraction of sp³-hybridized carbons (Fsp3) is 0.143. The van der Waals surface area contributed by atoms with Crippen LogP contribution in [0.1, 0.15) is 5.56 Å². The molecule has 1 aromatic rings. The predicted molar refractivity (Wildman–Crippen MR) is 45.7 cm³/mol. The minimum absolute atomic E-state index is 0. The van der Waals surface area contributed by atoms with Crippen LogP contribution in [0.3, 0.4) is 0 Å². The summed E-state index contributed by atoms with van der Waals surface area (Å²) >= 11 is 0. The first-order valence-corrected chi connectivity index (χ1v) is 2.91. The second-order valence-electron chi connectivity index (χ2n) is 2.09. The molecule has 0 heterocycles. The highest BCUT2D eigenvalue weighted by Gasteiger charge is 1.94. The number of nitrogens with two attached hydrogens (primary N) is 1. The van der Waals surface area contributed by atoms with Gasteiger partial charge in [0.2, 0.25) is 0 Å². The number of benzene rings is 1. The Morgan fingerprint density at radius 1 is 1.27 bits per heavy atom. The zero-order chi connectivity index (χ0) is 7.56. The lowest BCUT2D eigenvalue weighted by Gasteiger charge is -1.98. The van der Waals surface area contributed by atoms with E-state index in [1.165, 1.54) is 12.1 Å². The van der Waals surface area contributed by atoms with Gasteiger partial charge in [-0.05, 0) is 17.7 Å². The molecular weight excluding hydrogens is 166 g/mol. The molecule has 0 saturated carbocycles. The molecule has 0 spiro atoms. The smallest absolute Gasteiger partial charge is 0.117 e. The summed E-state index contributed by atoms with van der Waals surface area (Å²) in [7, 11) is 0. The van der Waals surface area contributed by atoms with Gasteiger partial charge in [-0.25, -0.2) is 0 Å². The van der Waals surface area contributed by atoms with Crippen LogP contribution in [-0.2, 0) is 6.61 Å². The fourth-order valence-corrected chi connectivity index (χ4v) is 0.791. The van der Waals surface area contributed by atoms with E-state index in [0.29, 0.717) is 11.3 Å². The van der Waals surface area contributed by atoms with Crippen molar-refractivity contribution in [2.24, 2.45) is 0 Å². The van der Waals surface area contributed by atoms with Crippen molar-refractivity contribution >= 4 is 18.1 Å². The Balaban J connectivity index is 0.000001000. The maximum Gasteiger partial charge on any atom is 0.117 e. The van der Waals surface area contributed by atoms with Crippen LogP contribution < -0.4 is 5.73 Å². The van der Waals surface area contributed by atoms with Crippen LogP contribution in [0.15, 0.2) is 18.2 Å². The van der Waals surface area contributed by atoms with Gasteiger partial charge in [0, 0.05) is 11.8 Å². The molecule has 1 aromatic carbocycles. The average Bonchev–Trinajstić information content (AvgIpc) is 1.85. The van der Waals surface area contributed by atoms with Gasteiger partial charge in [-0.2, -0.15) is 0 Å². The number of rotatable bonds is 1. The van der Waals surface area contributed by atoms with Gasteiger partial charge in [0.25, 0.3) is 0 Å². The molecular formula is C7H10ClNO2. The summed E-state index contributed by atoms with van der Waals surface area (Å²) in [5.41, 5.74) is 6.45. The van der Waals surface area contributed by atoms with E-state index in [9.17, 15) is 0 Å². The van der Waals surface area contributed by atoms with Crippen molar-refractivity contribution in [3.8, 4) is 5.75 Å². The largest absolute Gasteiger partial charge is 0.508 e. The maximum atomic E-state index is 8.93. The van der Waals surface area contributed by atoms with Crippen molar-refractivity contribution in [3.63, 3.8) is 0 Å². The molecule has 0 aliphatic heterocycles. The molecule has 0 bridgehead atoms. The van der Waals surface area contributed by atoms with Crippen LogP contribution in [-0.4, -0.2) is 10.2 Å². The molecule has 0 fully saturated rings. The Morgan fingerprint density at radius 2 is 1.91 bits per heavy atom. The SMILES string of the molecule is Cl.Nc1cc(O)cc(CO)c1. The third-order valence-electron chi connectivity index (χ3n) is 1.18. The molecule has 11 heavy (non-hydrogen) atoms. The van der Waals surface area contributed by atoms with Crippen molar-refractivity contribution < 1.29 is 10.2 Å². The van der Waals surface area contributed by atoms with E-state index in [1.54, 1.807) is 6.07 Å². The van der Waals surface area contributed by atoms with E-state index in [1.807, 2.05) is 0 Å². The summed E-state index contributed by atoms with van der Waals surface area (Å²) < 4.78 is 0. The number of phenols is 1. The summed E-state index contributed by atoms with van der Waals surface area (Å²) in [6.07, 6.45) is 0. The number of aliphatic hydroxyl groups is 1. The van der Waals surface area contributed by atoms with Gasteiger partial charge in [0.05, 0.1) is 6.61 Å². The number of aromatic hydroxyl groups is 1. The normalized spacial score (nSPS) is 8.82. The lowest BCUT2D eigenvalue weighted by Crippen LogP contribution is -1.88. The minimum atomic E-state index is -0.0986. The molecule has 0 aromatic heterocycles. The van der Waals surface area contributed by atoms with Gasteiger partial charge in [-0.15, -0.1) is 12.4 Å². The van der Waals surface area contributed by atoms with E-state index in [0.717, 1.165) is 0 Å². The van der Waals surface area contributed by atoms with Crippen molar-refractivity contribution in [3.05, 3.63) is 23.8 Å². The molecule has 0 aliphatic carbocycles. The van der Waals surface area contributed by atoms with Crippen LogP contribution in [0.5, 0.6) is 5.75 Å². The minimum Gasteiger partial charge on any atom is -0.508 e. The highest BCUT2D eigenvalue weighted by molar-refractivity contribution is 5.85. The van der Waals surface area contributed by atoms with Gasteiger partial charge in [0.1, 0.15) is 5.75 Å². The van der Waals surface area contributed by atoms with Crippen LogP contribution in [0.25, 0.3) is 0 Å². The zero-order valence-electron chi connectivity index (χ0n) is 5.82. The number of halogens is 1. The summed E-state index contributed by atoms with van der Waals surface area (Å²) in [6, 6.07) is 4.51. The first-order valence-electron chi connectivity index (χ1n) is 2.91. The van der Waals surface area contributed by atoms with E-state index in [4.69, 9.17) is 15.9 Å². The second-order valence-corrected chi connectivity index (χ2v) is 2.09. The molecule has 1 rings (SSSR count). The number of aliphatic hydroxyl groups excluding tert-OH is 1.